The molecule has 0 saturated carbocycles. The summed E-state index contributed by atoms with van der Waals surface area (Å²) in [6.45, 7) is 6.49. The molecule has 0 spiro atoms. The summed E-state index contributed by atoms with van der Waals surface area (Å²) in [5.41, 5.74) is 0.113. The monoisotopic (exact) mass is 268 g/mol. The molecule has 1 aliphatic rings. The van der Waals surface area contributed by atoms with Crippen molar-refractivity contribution in [3.63, 3.8) is 0 Å². The number of nitrogens with one attached hydrogen (secondary N) is 1. The Morgan fingerprint density at radius 3 is 2.50 bits per heavy atom. The molecule has 3 nitrogen and oxygen atoms in total. The van der Waals surface area contributed by atoms with Crippen LogP contribution in [0.25, 0.3) is 0 Å². The molecule has 1 saturated heterocycles. The van der Waals surface area contributed by atoms with Gasteiger partial charge in [0, 0.05) is 31.7 Å². The number of alkyl halides is 3. The quantitative estimate of drug-likeness (QED) is 0.746. The normalized spacial score (nSPS) is 21.2. The van der Waals surface area contributed by atoms with Crippen LogP contribution in [0.4, 0.5) is 13.2 Å². The zero-order chi connectivity index (χ0) is 13.6. The van der Waals surface area contributed by atoms with Gasteiger partial charge in [-0.2, -0.15) is 13.2 Å². The van der Waals surface area contributed by atoms with Crippen LogP contribution in [0.1, 0.15) is 26.7 Å². The minimum Gasteiger partial charge on any atom is -0.371 e. The molecule has 0 atom stereocenters. The molecule has 1 N–H and O–H groups in total. The van der Waals surface area contributed by atoms with Crippen LogP contribution in [-0.2, 0) is 4.74 Å². The van der Waals surface area contributed by atoms with E-state index >= 15 is 0 Å². The second-order valence-electron chi connectivity index (χ2n) is 4.86. The number of halogens is 3. The predicted molar refractivity (Wildman–Crippen MR) is 64.6 cm³/mol. The highest BCUT2D eigenvalue weighted by Crippen LogP contribution is 2.20. The van der Waals surface area contributed by atoms with E-state index in [1.807, 2.05) is 0 Å². The number of nitrogens with zero attached hydrogens (tertiary/aromatic N) is 1. The SMILES string of the molecule is CCC1(CC)CN(CCOCC(F)(F)F)CCN1. The van der Waals surface area contributed by atoms with Gasteiger partial charge >= 0.3 is 6.18 Å². The average Bonchev–Trinajstić information content (AvgIpc) is 2.34. The Morgan fingerprint density at radius 1 is 1.28 bits per heavy atom. The first-order chi connectivity index (χ1) is 8.41. The summed E-state index contributed by atoms with van der Waals surface area (Å²) < 4.78 is 40.4. The first-order valence-electron chi connectivity index (χ1n) is 6.52. The van der Waals surface area contributed by atoms with Crippen molar-refractivity contribution < 1.29 is 17.9 Å². The molecule has 0 unspecified atom stereocenters. The lowest BCUT2D eigenvalue weighted by molar-refractivity contribution is -0.174. The molecule has 108 valence electrons. The average molecular weight is 268 g/mol. The van der Waals surface area contributed by atoms with Gasteiger partial charge in [-0.3, -0.25) is 4.90 Å². The minimum atomic E-state index is -4.22. The lowest BCUT2D eigenvalue weighted by atomic mass is 9.90. The third-order valence-electron chi connectivity index (χ3n) is 3.63. The van der Waals surface area contributed by atoms with Crippen LogP contribution < -0.4 is 5.32 Å². The molecule has 0 aromatic heterocycles. The second kappa shape index (κ2) is 6.73. The fourth-order valence-electron chi connectivity index (χ4n) is 2.34. The van der Waals surface area contributed by atoms with E-state index in [4.69, 9.17) is 0 Å². The van der Waals surface area contributed by atoms with Gasteiger partial charge in [0.15, 0.2) is 0 Å². The van der Waals surface area contributed by atoms with Crippen molar-refractivity contribution in [2.24, 2.45) is 0 Å². The van der Waals surface area contributed by atoms with E-state index in [2.05, 4.69) is 28.8 Å². The summed E-state index contributed by atoms with van der Waals surface area (Å²) in [5.74, 6) is 0. The Hall–Kier alpha value is -0.330. The van der Waals surface area contributed by atoms with Crippen LogP contribution in [0.5, 0.6) is 0 Å². The second-order valence-corrected chi connectivity index (χ2v) is 4.86. The number of rotatable bonds is 6. The van der Waals surface area contributed by atoms with E-state index in [1.165, 1.54) is 0 Å². The maximum Gasteiger partial charge on any atom is 0.411 e. The third-order valence-corrected chi connectivity index (χ3v) is 3.63. The third kappa shape index (κ3) is 5.12. The summed E-state index contributed by atoms with van der Waals surface area (Å²) in [5, 5.41) is 3.51. The van der Waals surface area contributed by atoms with Crippen molar-refractivity contribution in [3.8, 4) is 0 Å². The lowest BCUT2D eigenvalue weighted by Gasteiger charge is -2.43. The zero-order valence-electron chi connectivity index (χ0n) is 11.1. The van der Waals surface area contributed by atoms with E-state index in [1.54, 1.807) is 0 Å². The molecule has 1 aliphatic heterocycles. The highest BCUT2D eigenvalue weighted by molar-refractivity contribution is 4.92. The van der Waals surface area contributed by atoms with Gasteiger partial charge in [-0.05, 0) is 12.8 Å². The summed E-state index contributed by atoms with van der Waals surface area (Å²) in [4.78, 5) is 2.18. The van der Waals surface area contributed by atoms with E-state index in [0.717, 1.165) is 32.5 Å². The number of hydrogen-bond acceptors (Lipinski definition) is 3. The van der Waals surface area contributed by atoms with E-state index < -0.39 is 12.8 Å². The van der Waals surface area contributed by atoms with Crippen molar-refractivity contribution in [2.75, 3.05) is 39.4 Å². The smallest absolute Gasteiger partial charge is 0.371 e. The van der Waals surface area contributed by atoms with Crippen molar-refractivity contribution in [1.82, 2.24) is 10.2 Å². The van der Waals surface area contributed by atoms with Gasteiger partial charge in [0.05, 0.1) is 6.61 Å². The lowest BCUT2D eigenvalue weighted by Crippen LogP contribution is -2.60. The van der Waals surface area contributed by atoms with E-state index in [9.17, 15) is 13.2 Å². The molecule has 1 rings (SSSR count). The maximum absolute atomic E-state index is 11.9. The van der Waals surface area contributed by atoms with Crippen LogP contribution in [0, 0.1) is 0 Å². The Balaban J connectivity index is 2.26. The fourth-order valence-corrected chi connectivity index (χ4v) is 2.34. The molecular formula is C12H23F3N2O. The Labute approximate surface area is 107 Å². The fraction of sp³-hybridized carbons (Fsp3) is 1.00. The molecule has 0 aliphatic carbocycles. The summed E-state index contributed by atoms with van der Waals surface area (Å²) >= 11 is 0. The summed E-state index contributed by atoms with van der Waals surface area (Å²) in [6.07, 6.45) is -2.16. The number of ether oxygens (including phenoxy) is 1. The van der Waals surface area contributed by atoms with E-state index in [-0.39, 0.29) is 12.1 Å². The molecule has 0 radical (unpaired) electrons. The Kier molecular flexibility index (Phi) is 5.88. The first kappa shape index (κ1) is 15.7. The minimum absolute atomic E-state index is 0.113. The van der Waals surface area contributed by atoms with Crippen molar-refractivity contribution in [1.29, 1.82) is 0 Å². The highest BCUT2D eigenvalue weighted by Gasteiger charge is 2.32. The molecule has 18 heavy (non-hydrogen) atoms. The van der Waals surface area contributed by atoms with Gasteiger partial charge in [0.1, 0.15) is 6.61 Å². The zero-order valence-corrected chi connectivity index (χ0v) is 11.1. The molecule has 0 aromatic rings. The summed E-state index contributed by atoms with van der Waals surface area (Å²) in [6, 6.07) is 0. The van der Waals surface area contributed by atoms with Crippen molar-refractivity contribution >= 4 is 0 Å². The van der Waals surface area contributed by atoms with Crippen molar-refractivity contribution in [2.45, 2.75) is 38.4 Å². The Morgan fingerprint density at radius 2 is 1.94 bits per heavy atom. The predicted octanol–water partition coefficient (Wildman–Crippen LogP) is 2.03. The standard InChI is InChI=1S/C12H23F3N2O/c1-3-11(4-2)9-17(6-5-16-11)7-8-18-10-12(13,14)15/h16H,3-10H2,1-2H3. The van der Waals surface area contributed by atoms with Gasteiger partial charge in [-0.15, -0.1) is 0 Å². The van der Waals surface area contributed by atoms with Crippen LogP contribution in [-0.4, -0.2) is 56.0 Å². The topological polar surface area (TPSA) is 24.5 Å². The largest absolute Gasteiger partial charge is 0.411 e. The molecular weight excluding hydrogens is 245 g/mol. The van der Waals surface area contributed by atoms with Crippen molar-refractivity contribution in [3.05, 3.63) is 0 Å². The van der Waals surface area contributed by atoms with Crippen LogP contribution in [0.15, 0.2) is 0 Å². The Bertz CT molecular complexity index is 242. The summed E-state index contributed by atoms with van der Waals surface area (Å²) in [7, 11) is 0. The number of hydrogen-bond donors (Lipinski definition) is 1. The first-order valence-corrected chi connectivity index (χ1v) is 6.52. The number of piperazine rings is 1. The highest BCUT2D eigenvalue weighted by atomic mass is 19.4. The van der Waals surface area contributed by atoms with E-state index in [0.29, 0.717) is 6.54 Å². The van der Waals surface area contributed by atoms with Crippen LogP contribution in [0.2, 0.25) is 0 Å². The molecule has 1 fully saturated rings. The molecule has 1 heterocycles. The molecule has 0 amide bonds. The van der Waals surface area contributed by atoms with Gasteiger partial charge in [0.25, 0.3) is 0 Å². The molecule has 6 heteroatoms. The van der Waals surface area contributed by atoms with Gasteiger partial charge < -0.3 is 10.1 Å². The van der Waals surface area contributed by atoms with Gasteiger partial charge in [-0.1, -0.05) is 13.8 Å². The van der Waals surface area contributed by atoms with Crippen LogP contribution >= 0.6 is 0 Å². The molecule has 0 aromatic carbocycles. The molecule has 0 bridgehead atoms. The van der Waals surface area contributed by atoms with Crippen LogP contribution in [0.3, 0.4) is 0 Å². The van der Waals surface area contributed by atoms with Gasteiger partial charge in [0.2, 0.25) is 0 Å². The maximum atomic E-state index is 11.9. The van der Waals surface area contributed by atoms with Gasteiger partial charge in [-0.25, -0.2) is 0 Å².